The molecule has 2 amide bonds. The molecule has 0 aromatic rings. The predicted molar refractivity (Wildman–Crippen MR) is 56.8 cm³/mol. The van der Waals surface area contributed by atoms with Crippen LogP contribution in [0.1, 0.15) is 12.8 Å². The molecule has 15 heavy (non-hydrogen) atoms. The zero-order chi connectivity index (χ0) is 11.7. The smallest absolute Gasteiger partial charge is 0.317 e. The summed E-state index contributed by atoms with van der Waals surface area (Å²) in [6, 6.07) is -0.229. The molecule has 0 saturated carbocycles. The molecule has 0 aromatic heterocycles. The van der Waals surface area contributed by atoms with Crippen LogP contribution in [0.15, 0.2) is 0 Å². The normalized spacial score (nSPS) is 9.73. The van der Waals surface area contributed by atoms with Gasteiger partial charge in [0, 0.05) is 20.1 Å². The quantitative estimate of drug-likeness (QED) is 0.512. The third-order valence-electron chi connectivity index (χ3n) is 1.89. The maximum absolute atomic E-state index is 11.3. The average Bonchev–Trinajstić information content (AvgIpc) is 2.20. The van der Waals surface area contributed by atoms with Gasteiger partial charge >= 0.3 is 12.0 Å². The van der Waals surface area contributed by atoms with Crippen LogP contribution in [0.2, 0.25) is 0 Å². The lowest BCUT2D eigenvalue weighted by Crippen LogP contribution is -2.39. The second kappa shape index (κ2) is 8.05. The van der Waals surface area contributed by atoms with Crippen molar-refractivity contribution in [2.24, 2.45) is 0 Å². The van der Waals surface area contributed by atoms with E-state index >= 15 is 0 Å². The van der Waals surface area contributed by atoms with Gasteiger partial charge < -0.3 is 20.6 Å². The van der Waals surface area contributed by atoms with Gasteiger partial charge in [0.05, 0.1) is 6.42 Å². The average molecular weight is 217 g/mol. The van der Waals surface area contributed by atoms with Crippen LogP contribution in [0.3, 0.4) is 0 Å². The first-order valence-corrected chi connectivity index (χ1v) is 4.93. The second-order valence-corrected chi connectivity index (χ2v) is 3.25. The number of hydrogen-bond acceptors (Lipinski definition) is 3. The lowest BCUT2D eigenvalue weighted by molar-refractivity contribution is -0.137. The summed E-state index contributed by atoms with van der Waals surface area (Å²) in [5.74, 6) is -0.898. The summed E-state index contributed by atoms with van der Waals surface area (Å²) >= 11 is 0. The maximum atomic E-state index is 11.3. The lowest BCUT2D eigenvalue weighted by atomic mass is 10.4. The van der Waals surface area contributed by atoms with Crippen LogP contribution in [-0.4, -0.2) is 55.7 Å². The molecule has 0 fully saturated rings. The molecular weight excluding hydrogens is 198 g/mol. The van der Waals surface area contributed by atoms with E-state index in [1.807, 2.05) is 7.05 Å². The fourth-order valence-corrected chi connectivity index (χ4v) is 0.960. The molecule has 3 N–H and O–H groups in total. The Kier molecular flexibility index (Phi) is 7.35. The van der Waals surface area contributed by atoms with Gasteiger partial charge in [0.1, 0.15) is 0 Å². The topological polar surface area (TPSA) is 81.7 Å². The van der Waals surface area contributed by atoms with Gasteiger partial charge in [-0.3, -0.25) is 4.79 Å². The van der Waals surface area contributed by atoms with Crippen LogP contribution in [-0.2, 0) is 4.79 Å². The van der Waals surface area contributed by atoms with Crippen molar-refractivity contribution >= 4 is 12.0 Å². The monoisotopic (exact) mass is 217 g/mol. The van der Waals surface area contributed by atoms with Crippen molar-refractivity contribution in [3.8, 4) is 0 Å². The molecule has 0 heterocycles. The third-order valence-corrected chi connectivity index (χ3v) is 1.89. The number of carbonyl (C=O) groups is 2. The van der Waals surface area contributed by atoms with Gasteiger partial charge in [0.2, 0.25) is 0 Å². The summed E-state index contributed by atoms with van der Waals surface area (Å²) < 4.78 is 0. The van der Waals surface area contributed by atoms with E-state index in [4.69, 9.17) is 5.11 Å². The molecule has 0 aromatic carbocycles. The second-order valence-electron chi connectivity index (χ2n) is 3.25. The van der Waals surface area contributed by atoms with E-state index in [1.54, 1.807) is 7.05 Å². The highest BCUT2D eigenvalue weighted by Gasteiger charge is 2.08. The summed E-state index contributed by atoms with van der Waals surface area (Å²) in [5.41, 5.74) is 0. The minimum Gasteiger partial charge on any atom is -0.481 e. The van der Waals surface area contributed by atoms with Gasteiger partial charge in [-0.1, -0.05) is 0 Å². The standard InChI is InChI=1S/C9H19N3O3/c1-10-5-3-6-11-9(15)12(2)7-4-8(13)14/h10H,3-7H2,1-2H3,(H,11,15)(H,13,14). The highest BCUT2D eigenvalue weighted by molar-refractivity contribution is 5.74. The molecule has 6 heteroatoms. The van der Waals surface area contributed by atoms with Crippen LogP contribution in [0.5, 0.6) is 0 Å². The maximum Gasteiger partial charge on any atom is 0.317 e. The Morgan fingerprint density at radius 1 is 1.33 bits per heavy atom. The Morgan fingerprint density at radius 2 is 2.00 bits per heavy atom. The van der Waals surface area contributed by atoms with E-state index in [-0.39, 0.29) is 19.0 Å². The van der Waals surface area contributed by atoms with Gasteiger partial charge in [0.15, 0.2) is 0 Å². The molecule has 0 aliphatic carbocycles. The Bertz CT molecular complexity index is 209. The zero-order valence-corrected chi connectivity index (χ0v) is 9.25. The Morgan fingerprint density at radius 3 is 2.53 bits per heavy atom. The molecule has 0 aliphatic heterocycles. The number of carbonyl (C=O) groups excluding carboxylic acids is 1. The van der Waals surface area contributed by atoms with Crippen molar-refractivity contribution in [2.45, 2.75) is 12.8 Å². The van der Waals surface area contributed by atoms with Gasteiger partial charge in [-0.05, 0) is 20.0 Å². The molecule has 6 nitrogen and oxygen atoms in total. The van der Waals surface area contributed by atoms with Gasteiger partial charge in [0.25, 0.3) is 0 Å². The number of nitrogens with one attached hydrogen (secondary N) is 2. The minimum atomic E-state index is -0.898. The Labute approximate surface area is 89.6 Å². The Hall–Kier alpha value is -1.30. The van der Waals surface area contributed by atoms with Crippen molar-refractivity contribution in [3.05, 3.63) is 0 Å². The first-order valence-electron chi connectivity index (χ1n) is 4.93. The number of urea groups is 1. The minimum absolute atomic E-state index is 0.0273. The van der Waals surface area contributed by atoms with E-state index in [2.05, 4.69) is 10.6 Å². The number of carboxylic acids is 1. The number of nitrogens with zero attached hydrogens (tertiary/aromatic N) is 1. The molecule has 0 radical (unpaired) electrons. The summed E-state index contributed by atoms with van der Waals surface area (Å²) in [6.45, 7) is 1.67. The van der Waals surface area contributed by atoms with Crippen molar-refractivity contribution in [1.29, 1.82) is 0 Å². The van der Waals surface area contributed by atoms with Gasteiger partial charge in [-0.25, -0.2) is 4.79 Å². The van der Waals surface area contributed by atoms with Crippen LogP contribution in [0.4, 0.5) is 4.79 Å². The Balaban J connectivity index is 3.55. The molecule has 0 saturated heterocycles. The fraction of sp³-hybridized carbons (Fsp3) is 0.778. The first kappa shape index (κ1) is 13.7. The highest BCUT2D eigenvalue weighted by atomic mass is 16.4. The summed E-state index contributed by atoms with van der Waals surface area (Å²) in [6.07, 6.45) is 0.829. The van der Waals surface area contributed by atoms with Crippen LogP contribution < -0.4 is 10.6 Å². The first-order chi connectivity index (χ1) is 7.07. The van der Waals surface area contributed by atoms with Gasteiger partial charge in [-0.15, -0.1) is 0 Å². The molecule has 0 spiro atoms. The summed E-state index contributed by atoms with van der Waals surface area (Å²) in [5, 5.41) is 14.1. The van der Waals surface area contributed by atoms with E-state index in [0.29, 0.717) is 6.54 Å². The van der Waals surface area contributed by atoms with E-state index in [9.17, 15) is 9.59 Å². The summed E-state index contributed by atoms with van der Waals surface area (Å²) in [7, 11) is 3.43. The van der Waals surface area contributed by atoms with Crippen molar-refractivity contribution < 1.29 is 14.7 Å². The third kappa shape index (κ3) is 7.75. The van der Waals surface area contributed by atoms with E-state index < -0.39 is 5.97 Å². The highest BCUT2D eigenvalue weighted by Crippen LogP contribution is 1.88. The van der Waals surface area contributed by atoms with Gasteiger partial charge in [-0.2, -0.15) is 0 Å². The molecule has 0 unspecified atom stereocenters. The number of aliphatic carboxylic acids is 1. The van der Waals surface area contributed by atoms with Crippen molar-refractivity contribution in [1.82, 2.24) is 15.5 Å². The lowest BCUT2D eigenvalue weighted by Gasteiger charge is -2.16. The number of rotatable bonds is 7. The number of amides is 2. The largest absolute Gasteiger partial charge is 0.481 e. The summed E-state index contributed by atoms with van der Waals surface area (Å²) in [4.78, 5) is 22.9. The SMILES string of the molecule is CNCCCNC(=O)N(C)CCC(=O)O. The van der Waals surface area contributed by atoms with E-state index in [0.717, 1.165) is 13.0 Å². The molecule has 0 bridgehead atoms. The number of hydrogen-bond donors (Lipinski definition) is 3. The zero-order valence-electron chi connectivity index (χ0n) is 9.25. The molecule has 88 valence electrons. The molecular formula is C9H19N3O3. The molecule has 0 atom stereocenters. The predicted octanol–water partition coefficient (Wildman–Crippen LogP) is -0.288. The van der Waals surface area contributed by atoms with Crippen molar-refractivity contribution in [2.75, 3.05) is 33.7 Å². The molecule has 0 rings (SSSR count). The fourth-order valence-electron chi connectivity index (χ4n) is 0.960. The van der Waals surface area contributed by atoms with E-state index in [1.165, 1.54) is 4.90 Å². The van der Waals surface area contributed by atoms with Crippen LogP contribution >= 0.6 is 0 Å². The van der Waals surface area contributed by atoms with Crippen LogP contribution in [0.25, 0.3) is 0 Å². The van der Waals surface area contributed by atoms with Crippen LogP contribution in [0, 0.1) is 0 Å². The van der Waals surface area contributed by atoms with Crippen molar-refractivity contribution in [3.63, 3.8) is 0 Å². The molecule has 0 aliphatic rings. The number of carboxylic acid groups (broad SMARTS) is 1.